The number of nitrogens with zero attached hydrogens (tertiary/aromatic N) is 1. The number of likely N-dealkylation sites (tertiary alicyclic amines) is 1. The molecule has 1 fully saturated rings. The molecule has 1 aromatic heterocycles. The largest absolute Gasteiger partial charge is 0.456 e. The Labute approximate surface area is 113 Å². The van der Waals surface area contributed by atoms with Gasteiger partial charge >= 0.3 is 0 Å². The lowest BCUT2D eigenvalue weighted by Crippen LogP contribution is -2.44. The molecule has 1 amide bonds. The van der Waals surface area contributed by atoms with Crippen molar-refractivity contribution >= 4 is 5.91 Å². The van der Waals surface area contributed by atoms with Crippen LogP contribution in [0.3, 0.4) is 0 Å². The van der Waals surface area contributed by atoms with Crippen molar-refractivity contribution in [3.63, 3.8) is 0 Å². The van der Waals surface area contributed by atoms with Gasteiger partial charge in [-0.25, -0.2) is 0 Å². The minimum absolute atomic E-state index is 0.158. The third-order valence-electron chi connectivity index (χ3n) is 4.02. The molecule has 4 nitrogen and oxygen atoms in total. The lowest BCUT2D eigenvalue weighted by molar-refractivity contribution is 0.0509. The molecule has 1 unspecified atom stereocenters. The lowest BCUT2D eigenvalue weighted by Gasteiger charge is -2.39. The zero-order valence-corrected chi connectivity index (χ0v) is 11.9. The normalized spacial score (nSPS) is 23.4. The fraction of sp³-hybridized carbons (Fsp3) is 0.600. The van der Waals surface area contributed by atoms with Gasteiger partial charge in [0.25, 0.3) is 5.91 Å². The first-order chi connectivity index (χ1) is 8.93. The summed E-state index contributed by atoms with van der Waals surface area (Å²) < 4.78 is 5.38. The Morgan fingerprint density at radius 1 is 1.47 bits per heavy atom. The molecule has 1 atom stereocenters. The average Bonchev–Trinajstić information content (AvgIpc) is 2.37. The van der Waals surface area contributed by atoms with Crippen LogP contribution in [0.25, 0.3) is 0 Å². The van der Waals surface area contributed by atoms with Crippen LogP contribution in [0.2, 0.25) is 0 Å². The van der Waals surface area contributed by atoms with Gasteiger partial charge in [0, 0.05) is 25.2 Å². The van der Waals surface area contributed by atoms with Crippen molar-refractivity contribution in [3.05, 3.63) is 33.9 Å². The number of carbonyl (C=O) groups excluding carboxylic acids is 1. The van der Waals surface area contributed by atoms with Gasteiger partial charge in [0.1, 0.15) is 5.76 Å². The molecule has 2 rings (SSSR count). The van der Waals surface area contributed by atoms with E-state index in [0.717, 1.165) is 32.4 Å². The third-order valence-corrected chi connectivity index (χ3v) is 4.02. The van der Waals surface area contributed by atoms with E-state index in [-0.39, 0.29) is 22.5 Å². The third kappa shape index (κ3) is 3.06. The molecule has 0 spiro atoms. The van der Waals surface area contributed by atoms with Gasteiger partial charge in [-0.05, 0) is 31.6 Å². The zero-order chi connectivity index (χ0) is 14.0. The monoisotopic (exact) mass is 263 g/mol. The molecule has 0 N–H and O–H groups in total. The van der Waals surface area contributed by atoms with Crippen LogP contribution < -0.4 is 5.43 Å². The second-order valence-corrected chi connectivity index (χ2v) is 5.76. The highest BCUT2D eigenvalue weighted by Crippen LogP contribution is 2.33. The number of rotatable bonds is 2. The van der Waals surface area contributed by atoms with Crippen LogP contribution >= 0.6 is 0 Å². The van der Waals surface area contributed by atoms with Crippen LogP contribution in [0.4, 0.5) is 0 Å². The number of piperidine rings is 1. The second-order valence-electron chi connectivity index (χ2n) is 5.76. The molecular weight excluding hydrogens is 242 g/mol. The number of carbonyl (C=O) groups is 1. The Bertz CT molecular complexity index is 534. The van der Waals surface area contributed by atoms with Gasteiger partial charge in [-0.1, -0.05) is 13.8 Å². The van der Waals surface area contributed by atoms with E-state index in [0.29, 0.717) is 5.76 Å². The van der Waals surface area contributed by atoms with E-state index in [1.54, 1.807) is 6.92 Å². The summed E-state index contributed by atoms with van der Waals surface area (Å²) in [6.45, 7) is 7.52. The molecular formula is C15H21NO3. The first kappa shape index (κ1) is 13.8. The van der Waals surface area contributed by atoms with Gasteiger partial charge in [0.15, 0.2) is 11.2 Å². The van der Waals surface area contributed by atoms with Gasteiger partial charge in [-0.2, -0.15) is 0 Å². The van der Waals surface area contributed by atoms with Crippen LogP contribution in [0.1, 0.15) is 49.4 Å². The van der Waals surface area contributed by atoms with Gasteiger partial charge < -0.3 is 9.32 Å². The summed E-state index contributed by atoms with van der Waals surface area (Å²) in [5, 5.41) is 0. The fourth-order valence-electron chi connectivity index (χ4n) is 2.64. The van der Waals surface area contributed by atoms with Crippen LogP contribution in [-0.2, 0) is 0 Å². The predicted molar refractivity (Wildman–Crippen MR) is 73.3 cm³/mol. The van der Waals surface area contributed by atoms with Crippen molar-refractivity contribution in [2.75, 3.05) is 13.1 Å². The highest BCUT2D eigenvalue weighted by molar-refractivity contribution is 5.91. The molecule has 1 aliphatic rings. The molecule has 0 radical (unpaired) electrons. The molecule has 2 heterocycles. The lowest BCUT2D eigenvalue weighted by atomic mass is 9.79. The molecule has 4 heteroatoms. The minimum atomic E-state index is -0.178. The number of amides is 1. The van der Waals surface area contributed by atoms with E-state index in [2.05, 4.69) is 13.8 Å². The van der Waals surface area contributed by atoms with E-state index in [1.807, 2.05) is 4.90 Å². The Hall–Kier alpha value is -1.58. The molecule has 0 aliphatic carbocycles. The summed E-state index contributed by atoms with van der Waals surface area (Å²) in [4.78, 5) is 25.7. The molecule has 1 aliphatic heterocycles. The van der Waals surface area contributed by atoms with Crippen LogP contribution in [0.15, 0.2) is 21.3 Å². The van der Waals surface area contributed by atoms with Crippen LogP contribution in [0, 0.1) is 12.3 Å². The summed E-state index contributed by atoms with van der Waals surface area (Å²) >= 11 is 0. The maximum Gasteiger partial charge on any atom is 0.289 e. The van der Waals surface area contributed by atoms with Crippen LogP contribution in [0.5, 0.6) is 0 Å². The summed E-state index contributed by atoms with van der Waals surface area (Å²) in [6.07, 6.45) is 3.20. The van der Waals surface area contributed by atoms with Gasteiger partial charge in [0.05, 0.1) is 0 Å². The topological polar surface area (TPSA) is 50.5 Å². The number of hydrogen-bond donors (Lipinski definition) is 0. The first-order valence-corrected chi connectivity index (χ1v) is 6.85. The zero-order valence-electron chi connectivity index (χ0n) is 11.9. The molecule has 0 aromatic carbocycles. The summed E-state index contributed by atoms with van der Waals surface area (Å²) in [6, 6.07) is 2.68. The highest BCUT2D eigenvalue weighted by atomic mass is 16.3. The SMILES string of the molecule is CCC1(C)CCCN(C(=O)c2cc(=O)cc(C)o2)C1. The van der Waals surface area contributed by atoms with Crippen molar-refractivity contribution in [1.29, 1.82) is 0 Å². The molecule has 104 valence electrons. The van der Waals surface area contributed by atoms with Crippen molar-refractivity contribution in [1.82, 2.24) is 4.90 Å². The van der Waals surface area contributed by atoms with Crippen molar-refractivity contribution in [2.45, 2.75) is 40.0 Å². The number of hydrogen-bond acceptors (Lipinski definition) is 3. The summed E-state index contributed by atoms with van der Waals surface area (Å²) in [5.74, 6) is 0.469. The van der Waals surface area contributed by atoms with Gasteiger partial charge in [0.2, 0.25) is 0 Å². The molecule has 19 heavy (non-hydrogen) atoms. The van der Waals surface area contributed by atoms with Gasteiger partial charge in [-0.3, -0.25) is 9.59 Å². The molecule has 0 bridgehead atoms. The van der Waals surface area contributed by atoms with Crippen molar-refractivity contribution in [3.8, 4) is 0 Å². The van der Waals surface area contributed by atoms with E-state index >= 15 is 0 Å². The smallest absolute Gasteiger partial charge is 0.289 e. The Morgan fingerprint density at radius 2 is 2.21 bits per heavy atom. The minimum Gasteiger partial charge on any atom is -0.456 e. The highest BCUT2D eigenvalue weighted by Gasteiger charge is 2.32. The summed E-state index contributed by atoms with van der Waals surface area (Å²) in [7, 11) is 0. The van der Waals surface area contributed by atoms with E-state index in [4.69, 9.17) is 4.42 Å². The Kier molecular flexibility index (Phi) is 3.78. The first-order valence-electron chi connectivity index (χ1n) is 6.85. The molecule has 1 saturated heterocycles. The Balaban J connectivity index is 2.21. The standard InChI is InChI=1S/C15H21NO3/c1-4-15(3)6-5-7-16(10-15)14(18)13-9-12(17)8-11(2)19-13/h8-9H,4-7,10H2,1-3H3. The van der Waals surface area contributed by atoms with E-state index < -0.39 is 0 Å². The predicted octanol–water partition coefficient (Wildman–Crippen LogP) is 2.60. The number of aryl methyl sites for hydroxylation is 1. The maximum atomic E-state index is 12.4. The molecule has 1 aromatic rings. The van der Waals surface area contributed by atoms with Gasteiger partial charge in [-0.15, -0.1) is 0 Å². The van der Waals surface area contributed by atoms with Crippen LogP contribution in [-0.4, -0.2) is 23.9 Å². The van der Waals surface area contributed by atoms with Crippen molar-refractivity contribution in [2.24, 2.45) is 5.41 Å². The Morgan fingerprint density at radius 3 is 2.84 bits per heavy atom. The summed E-state index contributed by atoms with van der Waals surface area (Å²) in [5.41, 5.74) is 0.000233. The average molecular weight is 263 g/mol. The molecule has 0 saturated carbocycles. The van der Waals surface area contributed by atoms with Crippen molar-refractivity contribution < 1.29 is 9.21 Å². The quantitative estimate of drug-likeness (QED) is 0.824. The maximum absolute atomic E-state index is 12.4. The van der Waals surface area contributed by atoms with E-state index in [9.17, 15) is 9.59 Å². The van der Waals surface area contributed by atoms with E-state index in [1.165, 1.54) is 12.1 Å². The fourth-order valence-corrected chi connectivity index (χ4v) is 2.64. The second kappa shape index (κ2) is 5.19.